The fourth-order valence-corrected chi connectivity index (χ4v) is 3.57. The van der Waals surface area contributed by atoms with Crippen LogP contribution in [0.2, 0.25) is 0 Å². The van der Waals surface area contributed by atoms with E-state index in [1.165, 1.54) is 0 Å². The van der Waals surface area contributed by atoms with E-state index in [1.54, 1.807) is 4.90 Å². The number of carbonyl (C=O) groups is 2. The standard InChI is InChI=1S/C22H23N3O3/c1-15-8-9-18-16(12-15)13-19(24(18)2)22(27)25-10-11-28-20(14-25)21(26)23-17-6-4-3-5-7-17/h3-9,12-13,20H,10-11,14H2,1-2H3,(H,23,26)/t20-/m1/s1. The van der Waals surface area contributed by atoms with Gasteiger partial charge in [-0.15, -0.1) is 0 Å². The Morgan fingerprint density at radius 2 is 1.89 bits per heavy atom. The summed E-state index contributed by atoms with van der Waals surface area (Å²) in [5.74, 6) is -0.325. The van der Waals surface area contributed by atoms with Gasteiger partial charge in [-0.2, -0.15) is 0 Å². The van der Waals surface area contributed by atoms with Crippen LogP contribution in [0.25, 0.3) is 10.9 Å². The highest BCUT2D eigenvalue weighted by Gasteiger charge is 2.31. The third-order valence-electron chi connectivity index (χ3n) is 5.10. The van der Waals surface area contributed by atoms with Crippen molar-refractivity contribution in [2.24, 2.45) is 7.05 Å². The molecule has 144 valence electrons. The molecule has 1 atom stereocenters. The van der Waals surface area contributed by atoms with Crippen molar-refractivity contribution in [1.82, 2.24) is 9.47 Å². The van der Waals surface area contributed by atoms with Crippen molar-refractivity contribution < 1.29 is 14.3 Å². The smallest absolute Gasteiger partial charge is 0.270 e. The van der Waals surface area contributed by atoms with Crippen LogP contribution in [-0.4, -0.2) is 47.1 Å². The summed E-state index contributed by atoms with van der Waals surface area (Å²) < 4.78 is 7.53. The van der Waals surface area contributed by atoms with E-state index in [0.29, 0.717) is 24.5 Å². The monoisotopic (exact) mass is 377 g/mol. The quantitative estimate of drug-likeness (QED) is 0.763. The minimum atomic E-state index is -0.685. The second-order valence-electron chi connectivity index (χ2n) is 7.12. The minimum absolute atomic E-state index is 0.0860. The fourth-order valence-electron chi connectivity index (χ4n) is 3.57. The molecule has 1 aliphatic heterocycles. The second kappa shape index (κ2) is 7.48. The number of morpholine rings is 1. The minimum Gasteiger partial charge on any atom is -0.365 e. The molecule has 0 radical (unpaired) electrons. The highest BCUT2D eigenvalue weighted by atomic mass is 16.5. The van der Waals surface area contributed by atoms with Crippen LogP contribution in [0.5, 0.6) is 0 Å². The van der Waals surface area contributed by atoms with Gasteiger partial charge in [0.25, 0.3) is 11.8 Å². The lowest BCUT2D eigenvalue weighted by Gasteiger charge is -2.32. The molecule has 1 saturated heterocycles. The summed E-state index contributed by atoms with van der Waals surface area (Å²) in [7, 11) is 1.89. The number of anilines is 1. The van der Waals surface area contributed by atoms with Crippen LogP contribution >= 0.6 is 0 Å². The largest absolute Gasteiger partial charge is 0.365 e. The lowest BCUT2D eigenvalue weighted by molar-refractivity contribution is -0.131. The molecule has 0 aliphatic carbocycles. The zero-order chi connectivity index (χ0) is 19.7. The molecule has 28 heavy (non-hydrogen) atoms. The predicted molar refractivity (Wildman–Crippen MR) is 108 cm³/mol. The molecule has 6 nitrogen and oxygen atoms in total. The number of fused-ring (bicyclic) bond motifs is 1. The summed E-state index contributed by atoms with van der Waals surface area (Å²) in [5, 5.41) is 3.88. The number of aryl methyl sites for hydroxylation is 2. The van der Waals surface area contributed by atoms with E-state index in [2.05, 4.69) is 11.4 Å². The second-order valence-corrected chi connectivity index (χ2v) is 7.12. The van der Waals surface area contributed by atoms with Gasteiger partial charge in [0.2, 0.25) is 0 Å². The predicted octanol–water partition coefficient (Wildman–Crippen LogP) is 2.97. The highest BCUT2D eigenvalue weighted by molar-refractivity contribution is 6.00. The Hall–Kier alpha value is -3.12. The maximum absolute atomic E-state index is 13.1. The Bertz CT molecular complexity index is 1030. The zero-order valence-corrected chi connectivity index (χ0v) is 16.0. The number of nitrogens with zero attached hydrogens (tertiary/aromatic N) is 2. The van der Waals surface area contributed by atoms with Gasteiger partial charge in [-0.25, -0.2) is 0 Å². The van der Waals surface area contributed by atoms with E-state index in [1.807, 2.05) is 67.1 Å². The highest BCUT2D eigenvalue weighted by Crippen LogP contribution is 2.22. The molecule has 0 spiro atoms. The number of nitrogens with one attached hydrogen (secondary N) is 1. The number of ether oxygens (including phenoxy) is 1. The average molecular weight is 377 g/mol. The summed E-state index contributed by atoms with van der Waals surface area (Å²) in [6.45, 7) is 3.07. The number of hydrogen-bond donors (Lipinski definition) is 1. The van der Waals surface area contributed by atoms with Crippen LogP contribution in [0, 0.1) is 6.92 Å². The number of benzene rings is 2. The zero-order valence-electron chi connectivity index (χ0n) is 16.0. The van der Waals surface area contributed by atoms with Crippen LogP contribution in [0.15, 0.2) is 54.6 Å². The van der Waals surface area contributed by atoms with Crippen molar-refractivity contribution in [3.63, 3.8) is 0 Å². The molecular formula is C22H23N3O3. The molecule has 1 fully saturated rings. The Morgan fingerprint density at radius 1 is 1.11 bits per heavy atom. The van der Waals surface area contributed by atoms with Gasteiger partial charge in [0.05, 0.1) is 13.2 Å². The van der Waals surface area contributed by atoms with E-state index in [-0.39, 0.29) is 18.4 Å². The fraction of sp³-hybridized carbons (Fsp3) is 0.273. The number of carbonyl (C=O) groups excluding carboxylic acids is 2. The number of hydrogen-bond acceptors (Lipinski definition) is 3. The van der Waals surface area contributed by atoms with Gasteiger partial charge in [0, 0.05) is 30.2 Å². The Morgan fingerprint density at radius 3 is 2.68 bits per heavy atom. The van der Waals surface area contributed by atoms with Gasteiger partial charge in [-0.05, 0) is 37.3 Å². The Balaban J connectivity index is 1.50. The van der Waals surface area contributed by atoms with Crippen molar-refractivity contribution >= 4 is 28.4 Å². The summed E-state index contributed by atoms with van der Waals surface area (Å²) >= 11 is 0. The van der Waals surface area contributed by atoms with Gasteiger partial charge < -0.3 is 19.5 Å². The van der Waals surface area contributed by atoms with Crippen molar-refractivity contribution in [2.45, 2.75) is 13.0 Å². The topological polar surface area (TPSA) is 63.6 Å². The van der Waals surface area contributed by atoms with Gasteiger partial charge >= 0.3 is 0 Å². The average Bonchev–Trinajstić information content (AvgIpc) is 3.04. The van der Waals surface area contributed by atoms with Gasteiger partial charge in [-0.1, -0.05) is 29.8 Å². The van der Waals surface area contributed by atoms with Crippen molar-refractivity contribution in [1.29, 1.82) is 0 Å². The van der Waals surface area contributed by atoms with Crippen LogP contribution in [0.3, 0.4) is 0 Å². The molecule has 2 heterocycles. The lowest BCUT2D eigenvalue weighted by Crippen LogP contribution is -2.50. The summed E-state index contributed by atoms with van der Waals surface area (Å²) in [5.41, 5.74) is 3.50. The molecule has 1 aromatic heterocycles. The molecule has 3 aromatic rings. The normalized spacial score (nSPS) is 16.9. The van der Waals surface area contributed by atoms with E-state index in [9.17, 15) is 9.59 Å². The van der Waals surface area contributed by atoms with Crippen molar-refractivity contribution in [3.8, 4) is 0 Å². The molecular weight excluding hydrogens is 354 g/mol. The van der Waals surface area contributed by atoms with Gasteiger partial charge in [0.15, 0.2) is 6.10 Å². The number of para-hydroxylation sites is 1. The molecule has 6 heteroatoms. The Labute approximate surface area is 163 Å². The summed E-state index contributed by atoms with van der Waals surface area (Å²) in [6, 6.07) is 17.3. The van der Waals surface area contributed by atoms with Crippen LogP contribution in [-0.2, 0) is 16.6 Å². The first-order chi connectivity index (χ1) is 13.5. The SMILES string of the molecule is Cc1ccc2c(c1)cc(C(=O)N1CCO[C@@H](C(=O)Nc3ccccc3)C1)n2C. The number of aromatic nitrogens is 1. The lowest BCUT2D eigenvalue weighted by atomic mass is 10.2. The van der Waals surface area contributed by atoms with Crippen LogP contribution in [0.1, 0.15) is 16.1 Å². The van der Waals surface area contributed by atoms with E-state index >= 15 is 0 Å². The molecule has 1 N–H and O–H groups in total. The van der Waals surface area contributed by atoms with Crippen LogP contribution in [0.4, 0.5) is 5.69 Å². The van der Waals surface area contributed by atoms with Gasteiger partial charge in [0.1, 0.15) is 5.69 Å². The first-order valence-electron chi connectivity index (χ1n) is 9.36. The number of amides is 2. The third kappa shape index (κ3) is 3.51. The van der Waals surface area contributed by atoms with Gasteiger partial charge in [-0.3, -0.25) is 9.59 Å². The first-order valence-corrected chi connectivity index (χ1v) is 9.36. The molecule has 4 rings (SSSR count). The third-order valence-corrected chi connectivity index (χ3v) is 5.10. The summed E-state index contributed by atoms with van der Waals surface area (Å²) in [4.78, 5) is 27.4. The molecule has 2 aromatic carbocycles. The summed E-state index contributed by atoms with van der Waals surface area (Å²) in [6.07, 6.45) is -0.685. The maximum atomic E-state index is 13.1. The van der Waals surface area contributed by atoms with E-state index in [4.69, 9.17) is 4.74 Å². The van der Waals surface area contributed by atoms with Crippen molar-refractivity contribution in [2.75, 3.05) is 25.0 Å². The number of rotatable bonds is 3. The molecule has 2 amide bonds. The maximum Gasteiger partial charge on any atom is 0.270 e. The first kappa shape index (κ1) is 18.3. The van der Waals surface area contributed by atoms with Crippen LogP contribution < -0.4 is 5.32 Å². The Kier molecular flexibility index (Phi) is 4.88. The van der Waals surface area contributed by atoms with E-state index < -0.39 is 6.10 Å². The van der Waals surface area contributed by atoms with Crippen molar-refractivity contribution in [3.05, 3.63) is 65.9 Å². The molecule has 1 aliphatic rings. The molecule has 0 saturated carbocycles. The molecule has 0 bridgehead atoms. The van der Waals surface area contributed by atoms with E-state index in [0.717, 1.165) is 16.5 Å². The molecule has 0 unspecified atom stereocenters.